The summed E-state index contributed by atoms with van der Waals surface area (Å²) in [5, 5.41) is 3.59. The third-order valence-electron chi connectivity index (χ3n) is 4.46. The number of aromatic nitrogens is 2. The van der Waals surface area contributed by atoms with Crippen molar-refractivity contribution in [3.63, 3.8) is 0 Å². The minimum Gasteiger partial charge on any atom is -0.236 e. The number of hydrogen-bond donors (Lipinski definition) is 0. The number of fused-ring (bicyclic) bond motifs is 2. The molecule has 1 heterocycles. The highest BCUT2D eigenvalue weighted by Crippen LogP contribution is 2.30. The molecule has 0 amide bonds. The summed E-state index contributed by atoms with van der Waals surface area (Å²) in [7, 11) is 0. The number of benzene rings is 3. The van der Waals surface area contributed by atoms with Crippen LogP contribution >= 0.6 is 0 Å². The molecule has 0 unspecified atom stereocenters. The van der Waals surface area contributed by atoms with Crippen LogP contribution < -0.4 is 0 Å². The minimum absolute atomic E-state index is 0.266. The van der Waals surface area contributed by atoms with Crippen molar-refractivity contribution in [2.75, 3.05) is 0 Å². The van der Waals surface area contributed by atoms with Crippen molar-refractivity contribution in [3.05, 3.63) is 72.6 Å². The van der Waals surface area contributed by atoms with Crippen LogP contribution in [0.1, 0.15) is 26.3 Å². The summed E-state index contributed by atoms with van der Waals surface area (Å²) < 4.78 is 0. The molecule has 0 aliphatic rings. The van der Waals surface area contributed by atoms with E-state index in [9.17, 15) is 0 Å². The SMILES string of the molecule is CC(C)(C)Cc1ccc2c(-c3ccc4ccccc4c3)ncnc2c1. The second-order valence-corrected chi connectivity index (χ2v) is 7.87. The molecule has 0 aliphatic heterocycles. The van der Waals surface area contributed by atoms with Gasteiger partial charge in [-0.2, -0.15) is 0 Å². The van der Waals surface area contributed by atoms with Gasteiger partial charge in [-0.15, -0.1) is 0 Å². The van der Waals surface area contributed by atoms with Gasteiger partial charge in [-0.05, 0) is 40.3 Å². The Labute approximate surface area is 148 Å². The Bertz CT molecular complexity index is 1060. The predicted molar refractivity (Wildman–Crippen MR) is 106 cm³/mol. The molecule has 0 atom stereocenters. The van der Waals surface area contributed by atoms with Gasteiger partial charge in [0.15, 0.2) is 0 Å². The maximum Gasteiger partial charge on any atom is 0.116 e. The van der Waals surface area contributed by atoms with Gasteiger partial charge in [-0.3, -0.25) is 0 Å². The van der Waals surface area contributed by atoms with Gasteiger partial charge < -0.3 is 0 Å². The lowest BCUT2D eigenvalue weighted by atomic mass is 9.88. The Balaban J connectivity index is 1.83. The van der Waals surface area contributed by atoms with E-state index in [4.69, 9.17) is 0 Å². The third-order valence-corrected chi connectivity index (χ3v) is 4.46. The molecule has 124 valence electrons. The first-order valence-corrected chi connectivity index (χ1v) is 8.72. The van der Waals surface area contributed by atoms with Crippen molar-refractivity contribution in [3.8, 4) is 11.3 Å². The number of rotatable bonds is 2. The van der Waals surface area contributed by atoms with Gasteiger partial charge in [0.2, 0.25) is 0 Å². The zero-order chi connectivity index (χ0) is 17.4. The Morgan fingerprint density at radius 2 is 1.60 bits per heavy atom. The Kier molecular flexibility index (Phi) is 3.76. The van der Waals surface area contributed by atoms with E-state index in [0.29, 0.717) is 0 Å². The molecule has 4 rings (SSSR count). The molecule has 0 radical (unpaired) electrons. The van der Waals surface area contributed by atoms with Crippen molar-refractivity contribution in [1.82, 2.24) is 9.97 Å². The summed E-state index contributed by atoms with van der Waals surface area (Å²) in [6, 6.07) is 21.5. The average Bonchev–Trinajstić information content (AvgIpc) is 2.59. The van der Waals surface area contributed by atoms with Gasteiger partial charge >= 0.3 is 0 Å². The van der Waals surface area contributed by atoms with Crippen LogP contribution in [0, 0.1) is 5.41 Å². The molecule has 0 fully saturated rings. The first-order chi connectivity index (χ1) is 12.0. The third kappa shape index (κ3) is 3.25. The fourth-order valence-corrected chi connectivity index (χ4v) is 3.39. The number of hydrogen-bond acceptors (Lipinski definition) is 2. The zero-order valence-corrected chi connectivity index (χ0v) is 15.0. The van der Waals surface area contributed by atoms with Crippen LogP contribution in [0.15, 0.2) is 67.0 Å². The van der Waals surface area contributed by atoms with Crippen LogP contribution in [0.3, 0.4) is 0 Å². The zero-order valence-electron chi connectivity index (χ0n) is 15.0. The van der Waals surface area contributed by atoms with Crippen LogP contribution in [0.25, 0.3) is 32.9 Å². The monoisotopic (exact) mass is 326 g/mol. The average molecular weight is 326 g/mol. The van der Waals surface area contributed by atoms with Crippen molar-refractivity contribution in [2.45, 2.75) is 27.2 Å². The smallest absolute Gasteiger partial charge is 0.116 e. The van der Waals surface area contributed by atoms with E-state index in [1.165, 1.54) is 16.3 Å². The highest BCUT2D eigenvalue weighted by molar-refractivity contribution is 5.95. The lowest BCUT2D eigenvalue weighted by molar-refractivity contribution is 0.411. The van der Waals surface area contributed by atoms with E-state index < -0.39 is 0 Å². The van der Waals surface area contributed by atoms with Gasteiger partial charge in [0.25, 0.3) is 0 Å². The molecule has 25 heavy (non-hydrogen) atoms. The molecule has 3 aromatic carbocycles. The van der Waals surface area contributed by atoms with Gasteiger partial charge in [0.1, 0.15) is 6.33 Å². The maximum atomic E-state index is 4.58. The second kappa shape index (κ2) is 5.96. The fraction of sp³-hybridized carbons (Fsp3) is 0.217. The summed E-state index contributed by atoms with van der Waals surface area (Å²) in [5.41, 5.74) is 4.73. The molecule has 0 bridgehead atoms. The summed E-state index contributed by atoms with van der Waals surface area (Å²) >= 11 is 0. The summed E-state index contributed by atoms with van der Waals surface area (Å²) in [5.74, 6) is 0. The standard InChI is InChI=1S/C23H22N2/c1-23(2,3)14-16-8-11-20-21(12-16)24-15-25-22(20)19-10-9-17-6-4-5-7-18(17)13-19/h4-13,15H,14H2,1-3H3. The lowest BCUT2D eigenvalue weighted by Gasteiger charge is -2.18. The Morgan fingerprint density at radius 3 is 2.40 bits per heavy atom. The largest absolute Gasteiger partial charge is 0.236 e. The highest BCUT2D eigenvalue weighted by atomic mass is 14.8. The molecule has 0 saturated heterocycles. The molecule has 0 N–H and O–H groups in total. The topological polar surface area (TPSA) is 25.8 Å². The quantitative estimate of drug-likeness (QED) is 0.449. The fourth-order valence-electron chi connectivity index (χ4n) is 3.39. The van der Waals surface area contributed by atoms with E-state index in [2.05, 4.69) is 91.4 Å². The summed E-state index contributed by atoms with van der Waals surface area (Å²) in [6.07, 6.45) is 2.71. The molecule has 4 aromatic rings. The van der Waals surface area contributed by atoms with Crippen LogP contribution in [0.5, 0.6) is 0 Å². The first-order valence-electron chi connectivity index (χ1n) is 8.72. The van der Waals surface area contributed by atoms with Crippen molar-refractivity contribution < 1.29 is 0 Å². The Hall–Kier alpha value is -2.74. The highest BCUT2D eigenvalue weighted by Gasteiger charge is 2.13. The normalized spacial score (nSPS) is 12.0. The van der Waals surface area contributed by atoms with Crippen molar-refractivity contribution >= 4 is 21.7 Å². The van der Waals surface area contributed by atoms with Gasteiger partial charge in [0, 0.05) is 10.9 Å². The molecule has 0 aliphatic carbocycles. The van der Waals surface area contributed by atoms with Gasteiger partial charge in [-0.1, -0.05) is 69.3 Å². The van der Waals surface area contributed by atoms with Crippen LogP contribution in [-0.2, 0) is 6.42 Å². The molecule has 1 aromatic heterocycles. The summed E-state index contributed by atoms with van der Waals surface area (Å²) in [6.45, 7) is 6.78. The first kappa shape index (κ1) is 15.8. The van der Waals surface area contributed by atoms with E-state index in [1.54, 1.807) is 6.33 Å². The molecular formula is C23H22N2. The lowest BCUT2D eigenvalue weighted by Crippen LogP contribution is -2.09. The molecule has 0 saturated carbocycles. The molecule has 0 spiro atoms. The van der Waals surface area contributed by atoms with Crippen LogP contribution in [0.4, 0.5) is 0 Å². The molecule has 2 heteroatoms. The van der Waals surface area contributed by atoms with E-state index in [1.807, 2.05) is 0 Å². The van der Waals surface area contributed by atoms with Gasteiger partial charge in [-0.25, -0.2) is 9.97 Å². The van der Waals surface area contributed by atoms with E-state index in [-0.39, 0.29) is 5.41 Å². The van der Waals surface area contributed by atoms with Gasteiger partial charge in [0.05, 0.1) is 11.2 Å². The minimum atomic E-state index is 0.266. The maximum absolute atomic E-state index is 4.58. The Morgan fingerprint density at radius 1 is 0.800 bits per heavy atom. The number of nitrogens with zero attached hydrogens (tertiary/aromatic N) is 2. The van der Waals surface area contributed by atoms with Crippen molar-refractivity contribution in [2.24, 2.45) is 5.41 Å². The summed E-state index contributed by atoms with van der Waals surface area (Å²) in [4.78, 5) is 9.09. The van der Waals surface area contributed by atoms with Crippen LogP contribution in [0.2, 0.25) is 0 Å². The van der Waals surface area contributed by atoms with E-state index in [0.717, 1.165) is 28.6 Å². The molecule has 2 nitrogen and oxygen atoms in total. The predicted octanol–water partition coefficient (Wildman–Crippen LogP) is 6.04. The molecular weight excluding hydrogens is 304 g/mol. The van der Waals surface area contributed by atoms with Crippen molar-refractivity contribution in [1.29, 1.82) is 0 Å². The van der Waals surface area contributed by atoms with Crippen LogP contribution in [-0.4, -0.2) is 9.97 Å². The van der Waals surface area contributed by atoms with E-state index >= 15 is 0 Å². The second-order valence-electron chi connectivity index (χ2n) is 7.87.